The van der Waals surface area contributed by atoms with Crippen LogP contribution in [0.4, 0.5) is 8.78 Å². The molecule has 3 rings (SSSR count). The Morgan fingerprint density at radius 1 is 1.23 bits per heavy atom. The Bertz CT molecular complexity index is 872. The number of hydrogen-bond acceptors (Lipinski definition) is 4. The summed E-state index contributed by atoms with van der Waals surface area (Å²) in [6, 6.07) is 5.49. The number of halogens is 2. The van der Waals surface area contributed by atoms with Crippen LogP contribution in [0.15, 0.2) is 30.5 Å². The zero-order chi connectivity index (χ0) is 21.7. The number of pyridine rings is 1. The van der Waals surface area contributed by atoms with Crippen LogP contribution in [0.1, 0.15) is 55.1 Å². The molecular weight excluding hydrogens is 404 g/mol. The van der Waals surface area contributed by atoms with E-state index in [4.69, 9.17) is 12.6 Å². The van der Waals surface area contributed by atoms with Gasteiger partial charge in [-0.15, -0.1) is 0 Å². The van der Waals surface area contributed by atoms with E-state index in [1.807, 2.05) is 6.20 Å². The molecule has 162 valence electrons. The first-order chi connectivity index (χ1) is 14.4. The lowest BCUT2D eigenvalue weighted by Gasteiger charge is -2.30. The van der Waals surface area contributed by atoms with Crippen molar-refractivity contribution < 1.29 is 13.6 Å². The zero-order valence-electron chi connectivity index (χ0n) is 17.4. The minimum atomic E-state index is -0.626. The summed E-state index contributed by atoms with van der Waals surface area (Å²) >= 11 is 4.71. The van der Waals surface area contributed by atoms with Crippen LogP contribution in [0.5, 0.6) is 0 Å². The van der Waals surface area contributed by atoms with Gasteiger partial charge in [0.15, 0.2) is 0 Å². The molecule has 1 aliphatic rings. The van der Waals surface area contributed by atoms with Gasteiger partial charge in [-0.3, -0.25) is 9.78 Å². The van der Waals surface area contributed by atoms with Crippen molar-refractivity contribution in [2.45, 2.75) is 63.3 Å². The summed E-state index contributed by atoms with van der Waals surface area (Å²) in [5.41, 5.74) is 4.09. The lowest BCUT2D eigenvalue weighted by Crippen LogP contribution is -2.46. The molecule has 0 spiro atoms. The van der Waals surface area contributed by atoms with Gasteiger partial charge in [-0.2, -0.15) is 12.6 Å². The van der Waals surface area contributed by atoms with E-state index in [0.717, 1.165) is 37.4 Å². The number of carbonyl (C=O) groups is 1. The van der Waals surface area contributed by atoms with Crippen molar-refractivity contribution in [2.75, 3.05) is 6.54 Å². The molecule has 4 nitrogen and oxygen atoms in total. The number of nitrogens with one attached hydrogen (secondary N) is 2. The van der Waals surface area contributed by atoms with Gasteiger partial charge in [0.25, 0.3) is 0 Å². The Morgan fingerprint density at radius 2 is 1.97 bits per heavy atom. The van der Waals surface area contributed by atoms with E-state index in [1.165, 1.54) is 30.2 Å². The highest BCUT2D eigenvalue weighted by Crippen LogP contribution is 2.29. The Hall–Kier alpha value is -1.99. The van der Waals surface area contributed by atoms with Crippen molar-refractivity contribution in [3.63, 3.8) is 0 Å². The van der Waals surface area contributed by atoms with Crippen LogP contribution in [0.2, 0.25) is 0 Å². The van der Waals surface area contributed by atoms with Gasteiger partial charge in [-0.05, 0) is 60.9 Å². The predicted octanol–water partition coefficient (Wildman–Crippen LogP) is 3.94. The third kappa shape index (κ3) is 6.01. The van der Waals surface area contributed by atoms with Crippen LogP contribution in [0, 0.1) is 11.6 Å². The summed E-state index contributed by atoms with van der Waals surface area (Å²) in [6.07, 6.45) is 6.26. The molecule has 3 atom stereocenters. The van der Waals surface area contributed by atoms with Crippen molar-refractivity contribution >= 4 is 18.5 Å². The van der Waals surface area contributed by atoms with Gasteiger partial charge in [0.05, 0.1) is 0 Å². The number of nitrogens with zero attached hydrogens (tertiary/aromatic N) is 1. The maximum atomic E-state index is 13.6. The second-order valence-electron chi connectivity index (χ2n) is 7.94. The fourth-order valence-corrected chi connectivity index (χ4v) is 4.32. The Morgan fingerprint density at radius 3 is 2.63 bits per heavy atom. The quantitative estimate of drug-likeness (QED) is 0.553. The summed E-state index contributed by atoms with van der Waals surface area (Å²) in [7, 11) is 0. The van der Waals surface area contributed by atoms with Crippen LogP contribution >= 0.6 is 12.6 Å². The first-order valence-corrected chi connectivity index (χ1v) is 11.0. The monoisotopic (exact) mass is 433 g/mol. The molecular formula is C23H29F2N3OS. The number of fused-ring (bicyclic) bond motifs is 1. The van der Waals surface area contributed by atoms with E-state index in [1.54, 1.807) is 0 Å². The molecule has 0 bridgehead atoms. The fraction of sp³-hybridized carbons (Fsp3) is 0.478. The first-order valence-electron chi connectivity index (χ1n) is 10.5. The highest BCUT2D eigenvalue weighted by Gasteiger charge is 2.25. The highest BCUT2D eigenvalue weighted by atomic mass is 32.1. The number of hydrogen-bond donors (Lipinski definition) is 3. The Balaban J connectivity index is 1.69. The third-order valence-electron chi connectivity index (χ3n) is 5.55. The molecule has 0 aliphatic heterocycles. The number of rotatable bonds is 8. The van der Waals surface area contributed by atoms with Gasteiger partial charge < -0.3 is 10.6 Å². The Kier molecular flexibility index (Phi) is 7.83. The molecule has 1 aromatic heterocycles. The molecule has 0 saturated heterocycles. The lowest BCUT2D eigenvalue weighted by molar-refractivity contribution is -0.119. The van der Waals surface area contributed by atoms with Crippen LogP contribution < -0.4 is 10.6 Å². The molecule has 1 heterocycles. The topological polar surface area (TPSA) is 54.0 Å². The summed E-state index contributed by atoms with van der Waals surface area (Å²) in [5, 5.41) is 6.23. The van der Waals surface area contributed by atoms with E-state index in [9.17, 15) is 13.6 Å². The molecule has 0 fully saturated rings. The molecule has 1 aliphatic carbocycles. The van der Waals surface area contributed by atoms with Crippen molar-refractivity contribution in [1.82, 2.24) is 15.6 Å². The van der Waals surface area contributed by atoms with Crippen LogP contribution in [-0.4, -0.2) is 28.7 Å². The molecule has 30 heavy (non-hydrogen) atoms. The lowest BCUT2D eigenvalue weighted by atomic mass is 9.90. The second-order valence-corrected chi connectivity index (χ2v) is 8.61. The molecule has 0 saturated carbocycles. The molecule has 0 radical (unpaired) electrons. The number of thiol groups is 1. The van der Waals surface area contributed by atoms with Gasteiger partial charge >= 0.3 is 0 Å². The zero-order valence-corrected chi connectivity index (χ0v) is 18.3. The van der Waals surface area contributed by atoms with Crippen molar-refractivity contribution in [3.8, 4) is 0 Å². The average Bonchev–Trinajstić information content (AvgIpc) is 2.70. The van der Waals surface area contributed by atoms with E-state index < -0.39 is 11.6 Å². The number of carbonyl (C=O) groups excluding carboxylic acids is 1. The van der Waals surface area contributed by atoms with Crippen LogP contribution in [0.3, 0.4) is 0 Å². The normalized spacial score (nSPS) is 17.8. The predicted molar refractivity (Wildman–Crippen MR) is 118 cm³/mol. The van der Waals surface area contributed by atoms with Gasteiger partial charge in [0, 0.05) is 48.8 Å². The summed E-state index contributed by atoms with van der Waals surface area (Å²) in [6.45, 7) is 4.10. The highest BCUT2D eigenvalue weighted by molar-refractivity contribution is 7.81. The van der Waals surface area contributed by atoms with Crippen LogP contribution in [0.25, 0.3) is 0 Å². The smallest absolute Gasteiger partial charge is 0.217 e. The van der Waals surface area contributed by atoms with Gasteiger partial charge in [0.1, 0.15) is 11.6 Å². The van der Waals surface area contributed by atoms with Gasteiger partial charge in [-0.1, -0.05) is 13.0 Å². The van der Waals surface area contributed by atoms with Crippen LogP contribution in [-0.2, 0) is 24.1 Å². The van der Waals surface area contributed by atoms with Crippen molar-refractivity contribution in [3.05, 3.63) is 64.5 Å². The van der Waals surface area contributed by atoms with E-state index in [0.29, 0.717) is 18.5 Å². The van der Waals surface area contributed by atoms with E-state index in [-0.39, 0.29) is 23.2 Å². The molecule has 1 aromatic carbocycles. The van der Waals surface area contributed by atoms with Crippen molar-refractivity contribution in [1.29, 1.82) is 0 Å². The molecule has 1 amide bonds. The summed E-state index contributed by atoms with van der Waals surface area (Å²) < 4.78 is 27.1. The maximum absolute atomic E-state index is 13.6. The molecule has 2 N–H and O–H groups in total. The number of aromatic nitrogens is 1. The second kappa shape index (κ2) is 10.4. The maximum Gasteiger partial charge on any atom is 0.217 e. The minimum absolute atomic E-state index is 0.187. The van der Waals surface area contributed by atoms with E-state index >= 15 is 0 Å². The SMILES string of the molecule is CCc1cnc2c(c1)C(NC[C@@H](S)[C@H](Cc1cc(F)cc(F)c1)NC(C)=O)CCC2. The molecule has 7 heteroatoms. The first kappa shape index (κ1) is 22.7. The molecule has 2 aromatic rings. The average molecular weight is 434 g/mol. The molecule has 1 unspecified atom stereocenters. The Labute approximate surface area is 182 Å². The number of benzene rings is 1. The largest absolute Gasteiger partial charge is 0.352 e. The summed E-state index contributed by atoms with van der Waals surface area (Å²) in [4.78, 5) is 16.3. The standard InChI is InChI=1S/C23H29F2N3OS/c1-3-15-9-19-20(26-12-15)5-4-6-21(19)27-13-23(30)22(28-14(2)29)10-16-7-17(24)11-18(25)8-16/h7-9,11-12,21-23,27,30H,3-6,10,13H2,1-2H3,(H,28,29)/t21?,22-,23+/m0/s1. The minimum Gasteiger partial charge on any atom is -0.352 e. The van der Waals surface area contributed by atoms with Gasteiger partial charge in [0.2, 0.25) is 5.91 Å². The summed E-state index contributed by atoms with van der Waals surface area (Å²) in [5.74, 6) is -1.45. The third-order valence-corrected chi connectivity index (χ3v) is 6.10. The number of amides is 1. The number of aryl methyl sites for hydroxylation is 2. The fourth-order valence-electron chi connectivity index (χ4n) is 4.03. The van der Waals surface area contributed by atoms with Gasteiger partial charge in [-0.25, -0.2) is 8.78 Å². The van der Waals surface area contributed by atoms with E-state index in [2.05, 4.69) is 28.6 Å². The van der Waals surface area contributed by atoms with Crippen molar-refractivity contribution in [2.24, 2.45) is 0 Å².